The molecule has 0 amide bonds. The fourth-order valence-electron chi connectivity index (χ4n) is 3.25. The minimum Gasteiger partial charge on any atom is -0.439 e. The van der Waals surface area contributed by atoms with Gasteiger partial charge in [0.05, 0.1) is 19.3 Å². The highest BCUT2D eigenvalue weighted by Crippen LogP contribution is 2.20. The van der Waals surface area contributed by atoms with E-state index in [-0.39, 0.29) is 0 Å². The lowest BCUT2D eigenvalue weighted by molar-refractivity contribution is 0.497. The fraction of sp³-hybridized carbons (Fsp3) is 0.208. The van der Waals surface area contributed by atoms with Crippen molar-refractivity contribution in [2.45, 2.75) is 26.6 Å². The first-order chi connectivity index (χ1) is 15.2. The maximum absolute atomic E-state index is 5.88. The monoisotopic (exact) mass is 414 g/mol. The minimum atomic E-state index is 0.445. The van der Waals surface area contributed by atoms with Gasteiger partial charge in [0, 0.05) is 31.5 Å². The van der Waals surface area contributed by atoms with Crippen molar-refractivity contribution in [1.82, 2.24) is 25.4 Å². The van der Waals surface area contributed by atoms with E-state index in [0.717, 1.165) is 17.9 Å². The Morgan fingerprint density at radius 3 is 2.52 bits per heavy atom. The van der Waals surface area contributed by atoms with Gasteiger partial charge in [-0.15, -0.1) is 0 Å². The molecule has 2 aromatic heterocycles. The molecule has 0 unspecified atom stereocenters. The van der Waals surface area contributed by atoms with E-state index >= 15 is 0 Å². The number of nitrogens with one attached hydrogen (secondary N) is 2. The lowest BCUT2D eigenvalue weighted by Gasteiger charge is -2.13. The van der Waals surface area contributed by atoms with Gasteiger partial charge in [-0.2, -0.15) is 5.10 Å². The largest absolute Gasteiger partial charge is 0.439 e. The van der Waals surface area contributed by atoms with E-state index in [0.29, 0.717) is 24.9 Å². The van der Waals surface area contributed by atoms with Crippen LogP contribution >= 0.6 is 0 Å². The number of aliphatic imine (C=N–C) groups is 1. The van der Waals surface area contributed by atoms with Crippen LogP contribution in [0.4, 0.5) is 0 Å². The Hall–Kier alpha value is -3.87. The van der Waals surface area contributed by atoms with Gasteiger partial charge in [-0.3, -0.25) is 9.67 Å². The second kappa shape index (κ2) is 9.75. The molecule has 31 heavy (non-hydrogen) atoms. The summed E-state index contributed by atoms with van der Waals surface area (Å²) in [6.07, 6.45) is 5.51. The van der Waals surface area contributed by atoms with Crippen molar-refractivity contribution in [3.8, 4) is 11.3 Å². The van der Waals surface area contributed by atoms with Crippen molar-refractivity contribution < 1.29 is 4.42 Å². The van der Waals surface area contributed by atoms with Gasteiger partial charge in [0.1, 0.15) is 0 Å². The predicted octanol–water partition coefficient (Wildman–Crippen LogP) is 3.76. The molecule has 2 aromatic carbocycles. The average molecular weight is 415 g/mol. The van der Waals surface area contributed by atoms with E-state index in [2.05, 4.69) is 56.9 Å². The molecule has 0 radical (unpaired) electrons. The summed E-state index contributed by atoms with van der Waals surface area (Å²) in [5, 5.41) is 10.9. The Bertz CT molecular complexity index is 1130. The Morgan fingerprint density at radius 1 is 1.00 bits per heavy atom. The fourth-order valence-corrected chi connectivity index (χ4v) is 3.25. The first-order valence-electron chi connectivity index (χ1n) is 10.2. The second-order valence-electron chi connectivity index (χ2n) is 7.24. The number of guanidine groups is 1. The SMILES string of the molecule is CN=C(NCc1ncc(-c2ccc(C)cc2)o1)NCc1ccccc1Cn1cccn1. The molecule has 2 heterocycles. The van der Waals surface area contributed by atoms with Crippen LogP contribution in [-0.4, -0.2) is 27.8 Å². The molecular formula is C24H26N6O. The Labute approximate surface area is 181 Å². The first-order valence-corrected chi connectivity index (χ1v) is 10.2. The van der Waals surface area contributed by atoms with Crippen LogP contribution in [0.1, 0.15) is 22.6 Å². The van der Waals surface area contributed by atoms with Crippen LogP contribution in [0.3, 0.4) is 0 Å². The van der Waals surface area contributed by atoms with Crippen molar-refractivity contribution in [2.75, 3.05) is 7.05 Å². The molecule has 0 atom stereocenters. The number of hydrogen-bond acceptors (Lipinski definition) is 4. The average Bonchev–Trinajstić information content (AvgIpc) is 3.48. The van der Waals surface area contributed by atoms with E-state index < -0.39 is 0 Å². The molecule has 7 heteroatoms. The first kappa shape index (κ1) is 20.4. The quantitative estimate of drug-likeness (QED) is 0.356. The maximum Gasteiger partial charge on any atom is 0.214 e. The zero-order valence-corrected chi connectivity index (χ0v) is 17.7. The normalized spacial score (nSPS) is 11.5. The van der Waals surface area contributed by atoms with E-state index in [4.69, 9.17) is 4.42 Å². The second-order valence-corrected chi connectivity index (χ2v) is 7.24. The summed E-state index contributed by atoms with van der Waals surface area (Å²) >= 11 is 0. The topological polar surface area (TPSA) is 80.3 Å². The third-order valence-electron chi connectivity index (χ3n) is 4.98. The lowest BCUT2D eigenvalue weighted by Crippen LogP contribution is -2.36. The van der Waals surface area contributed by atoms with Crippen molar-refractivity contribution in [1.29, 1.82) is 0 Å². The summed E-state index contributed by atoms with van der Waals surface area (Å²) in [5.41, 5.74) is 4.63. The smallest absolute Gasteiger partial charge is 0.214 e. The van der Waals surface area contributed by atoms with Gasteiger partial charge in [0.2, 0.25) is 5.89 Å². The molecule has 0 saturated carbocycles. The van der Waals surface area contributed by atoms with Gasteiger partial charge in [0.25, 0.3) is 0 Å². The van der Waals surface area contributed by atoms with Gasteiger partial charge >= 0.3 is 0 Å². The molecule has 0 saturated heterocycles. The summed E-state index contributed by atoms with van der Waals surface area (Å²) in [6.45, 7) is 3.89. The van der Waals surface area contributed by atoms with Crippen molar-refractivity contribution in [2.24, 2.45) is 4.99 Å². The van der Waals surface area contributed by atoms with E-state index in [1.54, 1.807) is 19.4 Å². The zero-order chi connectivity index (χ0) is 21.5. The highest BCUT2D eigenvalue weighted by Gasteiger charge is 2.08. The zero-order valence-electron chi connectivity index (χ0n) is 17.7. The van der Waals surface area contributed by atoms with Crippen LogP contribution in [0, 0.1) is 6.92 Å². The van der Waals surface area contributed by atoms with Gasteiger partial charge < -0.3 is 15.1 Å². The van der Waals surface area contributed by atoms with E-state index in [1.165, 1.54) is 16.7 Å². The number of aryl methyl sites for hydroxylation is 1. The van der Waals surface area contributed by atoms with Crippen LogP contribution in [-0.2, 0) is 19.6 Å². The number of oxazole rings is 1. The summed E-state index contributed by atoms with van der Waals surface area (Å²) < 4.78 is 7.80. The molecule has 4 rings (SSSR count). The van der Waals surface area contributed by atoms with Crippen molar-refractivity contribution in [3.63, 3.8) is 0 Å². The summed E-state index contributed by atoms with van der Waals surface area (Å²) in [5.74, 6) is 2.05. The number of hydrogen-bond donors (Lipinski definition) is 2. The molecule has 7 nitrogen and oxygen atoms in total. The highest BCUT2D eigenvalue weighted by molar-refractivity contribution is 5.79. The summed E-state index contributed by atoms with van der Waals surface area (Å²) in [6, 6.07) is 18.4. The molecule has 0 aliphatic rings. The number of nitrogens with zero attached hydrogens (tertiary/aromatic N) is 4. The number of benzene rings is 2. The van der Waals surface area contributed by atoms with Crippen molar-refractivity contribution >= 4 is 5.96 Å². The van der Waals surface area contributed by atoms with Crippen molar-refractivity contribution in [3.05, 3.63) is 95.8 Å². The molecule has 0 bridgehead atoms. The van der Waals surface area contributed by atoms with Crippen LogP contribution in [0.25, 0.3) is 11.3 Å². The third-order valence-corrected chi connectivity index (χ3v) is 4.98. The standard InChI is InChI=1S/C24H26N6O/c1-18-8-10-19(11-9-18)22-15-26-23(31-22)16-28-24(25-2)27-14-20-6-3-4-7-21(20)17-30-13-5-12-29-30/h3-13,15H,14,16-17H2,1-2H3,(H2,25,27,28). The molecule has 0 fully saturated rings. The molecule has 0 spiro atoms. The van der Waals surface area contributed by atoms with E-state index in [1.807, 2.05) is 41.2 Å². The predicted molar refractivity (Wildman–Crippen MR) is 121 cm³/mol. The van der Waals surface area contributed by atoms with E-state index in [9.17, 15) is 0 Å². The van der Waals surface area contributed by atoms with Gasteiger partial charge in [-0.05, 0) is 24.1 Å². The highest BCUT2D eigenvalue weighted by atomic mass is 16.4. The molecular weight excluding hydrogens is 388 g/mol. The molecule has 158 valence electrons. The Balaban J connectivity index is 1.33. The number of rotatable bonds is 7. The maximum atomic E-state index is 5.88. The van der Waals surface area contributed by atoms with Crippen LogP contribution in [0.2, 0.25) is 0 Å². The molecule has 0 aliphatic carbocycles. The van der Waals surface area contributed by atoms with Crippen LogP contribution in [0.15, 0.2) is 82.6 Å². The Morgan fingerprint density at radius 2 is 1.77 bits per heavy atom. The van der Waals surface area contributed by atoms with Crippen LogP contribution < -0.4 is 10.6 Å². The molecule has 2 N–H and O–H groups in total. The molecule has 0 aliphatic heterocycles. The summed E-state index contributed by atoms with van der Waals surface area (Å²) in [7, 11) is 1.75. The summed E-state index contributed by atoms with van der Waals surface area (Å²) in [4.78, 5) is 8.68. The third kappa shape index (κ3) is 5.39. The lowest BCUT2D eigenvalue weighted by atomic mass is 10.1. The van der Waals surface area contributed by atoms with Gasteiger partial charge in [0.15, 0.2) is 11.7 Å². The number of aromatic nitrogens is 3. The van der Waals surface area contributed by atoms with Gasteiger partial charge in [-0.25, -0.2) is 4.98 Å². The van der Waals surface area contributed by atoms with Crippen LogP contribution in [0.5, 0.6) is 0 Å². The minimum absolute atomic E-state index is 0.445. The molecule has 4 aromatic rings. The Kier molecular flexibility index (Phi) is 6.42. The van der Waals surface area contributed by atoms with Gasteiger partial charge in [-0.1, -0.05) is 54.1 Å².